The number of hydrogen-bond donors (Lipinski definition) is 1. The average Bonchev–Trinajstić information content (AvgIpc) is 3.31. The number of methoxy groups -OCH3 is 2. The quantitative estimate of drug-likeness (QED) is 0.814. The van der Waals surface area contributed by atoms with Crippen molar-refractivity contribution in [2.45, 2.75) is 32.2 Å². The van der Waals surface area contributed by atoms with Crippen molar-refractivity contribution >= 4 is 5.97 Å². The van der Waals surface area contributed by atoms with Crippen LogP contribution in [0.15, 0.2) is 12.1 Å². The SMILES string of the molecule is CCOC(=O)C(N)(c1cc(C)c(OC)cc1OC)C1CC1. The number of carbonyl (C=O) groups excluding carboxylic acids is 1. The second kappa shape index (κ2) is 5.93. The van der Waals surface area contributed by atoms with Gasteiger partial charge in [-0.3, -0.25) is 0 Å². The maximum Gasteiger partial charge on any atom is 0.331 e. The summed E-state index contributed by atoms with van der Waals surface area (Å²) in [5.41, 5.74) is 6.92. The summed E-state index contributed by atoms with van der Waals surface area (Å²) in [6, 6.07) is 3.64. The lowest BCUT2D eigenvalue weighted by Crippen LogP contribution is -2.48. The highest BCUT2D eigenvalue weighted by molar-refractivity contribution is 5.84. The fraction of sp³-hybridized carbons (Fsp3) is 0.562. The van der Waals surface area contributed by atoms with Crippen LogP contribution >= 0.6 is 0 Å². The first-order chi connectivity index (χ1) is 9.98. The van der Waals surface area contributed by atoms with E-state index in [0.717, 1.165) is 18.4 Å². The van der Waals surface area contributed by atoms with Crippen LogP contribution in [0.5, 0.6) is 11.5 Å². The molecule has 0 radical (unpaired) electrons. The molecule has 1 aromatic carbocycles. The fourth-order valence-electron chi connectivity index (χ4n) is 2.67. The molecule has 0 heterocycles. The predicted molar refractivity (Wildman–Crippen MR) is 79.5 cm³/mol. The van der Waals surface area contributed by atoms with Crippen LogP contribution < -0.4 is 15.2 Å². The Labute approximate surface area is 125 Å². The Hall–Kier alpha value is -1.75. The number of hydrogen-bond acceptors (Lipinski definition) is 5. The molecular formula is C16H23NO4. The third-order valence-corrected chi connectivity index (χ3v) is 4.00. The van der Waals surface area contributed by atoms with Gasteiger partial charge in [0.05, 0.1) is 20.8 Å². The molecule has 5 heteroatoms. The summed E-state index contributed by atoms with van der Waals surface area (Å²) in [6.07, 6.45) is 1.84. The Morgan fingerprint density at radius 2 is 1.90 bits per heavy atom. The molecular weight excluding hydrogens is 270 g/mol. The van der Waals surface area contributed by atoms with Crippen molar-refractivity contribution in [2.24, 2.45) is 11.7 Å². The van der Waals surface area contributed by atoms with Crippen LogP contribution in [0.3, 0.4) is 0 Å². The molecule has 1 unspecified atom stereocenters. The normalized spacial score (nSPS) is 17.0. The van der Waals surface area contributed by atoms with Crippen LogP contribution in [-0.2, 0) is 15.1 Å². The number of benzene rings is 1. The number of esters is 1. The first-order valence-electron chi connectivity index (χ1n) is 7.18. The summed E-state index contributed by atoms with van der Waals surface area (Å²) >= 11 is 0. The molecule has 2 rings (SSSR count). The van der Waals surface area contributed by atoms with Gasteiger partial charge in [0.25, 0.3) is 0 Å². The molecule has 0 aromatic heterocycles. The van der Waals surface area contributed by atoms with Gasteiger partial charge >= 0.3 is 5.97 Å². The third kappa shape index (κ3) is 2.70. The highest BCUT2D eigenvalue weighted by Gasteiger charge is 2.52. The van der Waals surface area contributed by atoms with E-state index in [1.807, 2.05) is 13.0 Å². The van der Waals surface area contributed by atoms with Crippen molar-refractivity contribution in [1.29, 1.82) is 0 Å². The number of rotatable bonds is 6. The van der Waals surface area contributed by atoms with E-state index in [-0.39, 0.29) is 5.92 Å². The van der Waals surface area contributed by atoms with Gasteiger partial charge in [-0.05, 0) is 44.2 Å². The van der Waals surface area contributed by atoms with Gasteiger partial charge in [0.2, 0.25) is 0 Å². The van der Waals surface area contributed by atoms with Crippen molar-refractivity contribution in [3.8, 4) is 11.5 Å². The summed E-state index contributed by atoms with van der Waals surface area (Å²) in [6.45, 7) is 4.00. The fourth-order valence-corrected chi connectivity index (χ4v) is 2.67. The molecule has 1 atom stereocenters. The summed E-state index contributed by atoms with van der Waals surface area (Å²) in [4.78, 5) is 12.4. The number of nitrogens with two attached hydrogens (primary N) is 1. The summed E-state index contributed by atoms with van der Waals surface area (Å²) in [5.74, 6) is 0.964. The summed E-state index contributed by atoms with van der Waals surface area (Å²) in [5, 5.41) is 0. The maximum atomic E-state index is 12.4. The van der Waals surface area contributed by atoms with Crippen molar-refractivity contribution in [2.75, 3.05) is 20.8 Å². The van der Waals surface area contributed by atoms with Crippen LogP contribution in [0.25, 0.3) is 0 Å². The van der Waals surface area contributed by atoms with Gasteiger partial charge in [-0.15, -0.1) is 0 Å². The highest BCUT2D eigenvalue weighted by Crippen LogP contribution is 2.48. The van der Waals surface area contributed by atoms with Gasteiger partial charge in [0, 0.05) is 11.6 Å². The maximum absolute atomic E-state index is 12.4. The van der Waals surface area contributed by atoms with Gasteiger partial charge in [0.15, 0.2) is 0 Å². The smallest absolute Gasteiger partial charge is 0.331 e. The molecule has 1 aliphatic rings. The molecule has 0 spiro atoms. The number of ether oxygens (including phenoxy) is 3. The molecule has 21 heavy (non-hydrogen) atoms. The zero-order valence-electron chi connectivity index (χ0n) is 13.1. The summed E-state index contributed by atoms with van der Waals surface area (Å²) < 4.78 is 15.9. The molecule has 0 aliphatic heterocycles. The van der Waals surface area contributed by atoms with Crippen LogP contribution in [-0.4, -0.2) is 26.8 Å². The second-order valence-corrected chi connectivity index (χ2v) is 5.39. The highest BCUT2D eigenvalue weighted by atomic mass is 16.5. The summed E-state index contributed by atoms with van der Waals surface area (Å²) in [7, 11) is 3.16. The third-order valence-electron chi connectivity index (χ3n) is 4.00. The molecule has 1 aromatic rings. The standard InChI is InChI=1S/C16H23NO4/c1-5-21-15(18)16(17,11-6-7-11)12-8-10(2)13(19-3)9-14(12)20-4/h8-9,11H,5-7,17H2,1-4H3. The first kappa shape index (κ1) is 15.6. The van der Waals surface area contributed by atoms with E-state index in [4.69, 9.17) is 19.9 Å². The minimum Gasteiger partial charge on any atom is -0.496 e. The van der Waals surface area contributed by atoms with Gasteiger partial charge in [0.1, 0.15) is 17.0 Å². The number of carbonyl (C=O) groups is 1. The molecule has 116 valence electrons. The Bertz CT molecular complexity index is 539. The minimum atomic E-state index is -1.15. The van der Waals surface area contributed by atoms with E-state index in [2.05, 4.69) is 0 Å². The Morgan fingerprint density at radius 3 is 2.38 bits per heavy atom. The predicted octanol–water partition coefficient (Wildman–Crippen LogP) is 2.14. The molecule has 0 bridgehead atoms. The minimum absolute atomic E-state index is 0.0956. The van der Waals surface area contributed by atoms with Crippen molar-refractivity contribution in [3.05, 3.63) is 23.3 Å². The van der Waals surface area contributed by atoms with Crippen LogP contribution in [0.2, 0.25) is 0 Å². The molecule has 1 saturated carbocycles. The second-order valence-electron chi connectivity index (χ2n) is 5.39. The Morgan fingerprint density at radius 1 is 1.29 bits per heavy atom. The average molecular weight is 293 g/mol. The van der Waals surface area contributed by atoms with Crippen molar-refractivity contribution < 1.29 is 19.0 Å². The van der Waals surface area contributed by atoms with E-state index in [1.165, 1.54) is 0 Å². The Balaban J connectivity index is 2.54. The molecule has 1 aliphatic carbocycles. The lowest BCUT2D eigenvalue weighted by molar-refractivity contribution is -0.151. The molecule has 0 saturated heterocycles. The monoisotopic (exact) mass is 293 g/mol. The molecule has 1 fully saturated rings. The van der Waals surface area contributed by atoms with E-state index < -0.39 is 11.5 Å². The zero-order valence-corrected chi connectivity index (χ0v) is 13.1. The largest absolute Gasteiger partial charge is 0.496 e. The lowest BCUT2D eigenvalue weighted by Gasteiger charge is -2.29. The van der Waals surface area contributed by atoms with E-state index in [9.17, 15) is 4.79 Å². The van der Waals surface area contributed by atoms with Crippen LogP contribution in [0.1, 0.15) is 30.9 Å². The molecule has 0 amide bonds. The van der Waals surface area contributed by atoms with E-state index >= 15 is 0 Å². The van der Waals surface area contributed by atoms with Gasteiger partial charge in [-0.25, -0.2) is 4.79 Å². The zero-order chi connectivity index (χ0) is 15.6. The Kier molecular flexibility index (Phi) is 4.42. The van der Waals surface area contributed by atoms with Crippen molar-refractivity contribution in [3.63, 3.8) is 0 Å². The van der Waals surface area contributed by atoms with Gasteiger partial charge in [-0.2, -0.15) is 0 Å². The van der Waals surface area contributed by atoms with Crippen LogP contribution in [0, 0.1) is 12.8 Å². The van der Waals surface area contributed by atoms with E-state index in [0.29, 0.717) is 23.7 Å². The van der Waals surface area contributed by atoms with Crippen molar-refractivity contribution in [1.82, 2.24) is 0 Å². The van der Waals surface area contributed by atoms with Crippen LogP contribution in [0.4, 0.5) is 0 Å². The van der Waals surface area contributed by atoms with E-state index in [1.54, 1.807) is 27.2 Å². The van der Waals surface area contributed by atoms with Gasteiger partial charge in [-0.1, -0.05) is 0 Å². The van der Waals surface area contributed by atoms with Gasteiger partial charge < -0.3 is 19.9 Å². The number of aryl methyl sites for hydroxylation is 1. The lowest BCUT2D eigenvalue weighted by atomic mass is 9.84. The topological polar surface area (TPSA) is 70.8 Å². The molecule has 2 N–H and O–H groups in total. The first-order valence-corrected chi connectivity index (χ1v) is 7.18. The molecule has 5 nitrogen and oxygen atoms in total.